The van der Waals surface area contributed by atoms with Gasteiger partial charge < -0.3 is 14.3 Å². The van der Waals surface area contributed by atoms with Crippen LogP contribution in [0.4, 0.5) is 0 Å². The first-order chi connectivity index (χ1) is 22.6. The van der Waals surface area contributed by atoms with Crippen LogP contribution in [0.15, 0.2) is 77.8 Å². The van der Waals surface area contributed by atoms with Gasteiger partial charge in [-0.1, -0.05) is 79.2 Å². The predicted octanol–water partition coefficient (Wildman–Crippen LogP) is 9.80. The molecular formula is C40H64N6O3. The van der Waals surface area contributed by atoms with Crippen molar-refractivity contribution in [2.45, 2.75) is 140 Å². The van der Waals surface area contributed by atoms with Crippen LogP contribution >= 0.6 is 0 Å². The molecule has 4 aromatic rings. The van der Waals surface area contributed by atoms with Gasteiger partial charge in [0, 0.05) is 54.3 Å². The third-order valence-corrected chi connectivity index (χ3v) is 7.17. The van der Waals surface area contributed by atoms with E-state index in [1.807, 2.05) is 119 Å². The molecule has 2 aliphatic heterocycles. The van der Waals surface area contributed by atoms with E-state index in [0.29, 0.717) is 12.6 Å². The third kappa shape index (κ3) is 13.3. The number of carbonyl (C=O) groups excluding carboxylic acids is 2. The van der Waals surface area contributed by atoms with E-state index in [0.717, 1.165) is 34.7 Å². The van der Waals surface area contributed by atoms with E-state index in [9.17, 15) is 9.59 Å². The summed E-state index contributed by atoms with van der Waals surface area (Å²) in [5.41, 5.74) is 3.91. The zero-order chi connectivity index (χ0) is 36.7. The van der Waals surface area contributed by atoms with Crippen LogP contribution in [0.3, 0.4) is 0 Å². The van der Waals surface area contributed by atoms with Crippen molar-refractivity contribution >= 4 is 11.8 Å². The molecule has 0 spiro atoms. The summed E-state index contributed by atoms with van der Waals surface area (Å²) >= 11 is 0. The minimum atomic E-state index is 0. The molecule has 3 aromatic heterocycles. The van der Waals surface area contributed by atoms with Gasteiger partial charge in [0.2, 0.25) is 0 Å². The number of rotatable bonds is 2. The SMILES string of the molecule is C.CC.CC.CC(C)(C)c1ccno1.CC(C)(C)n1cccn1.CC(C)N1Cc2ccccc2C1=O.CC(C)N1Cc2ncccc2C1=O. The minimum Gasteiger partial charge on any atom is -0.361 e. The van der Waals surface area contributed by atoms with Crippen LogP contribution < -0.4 is 0 Å². The lowest BCUT2D eigenvalue weighted by Crippen LogP contribution is -2.30. The van der Waals surface area contributed by atoms with Gasteiger partial charge in [0.25, 0.3) is 11.8 Å². The summed E-state index contributed by atoms with van der Waals surface area (Å²) in [6, 6.07) is 15.8. The third-order valence-electron chi connectivity index (χ3n) is 7.17. The summed E-state index contributed by atoms with van der Waals surface area (Å²) in [4.78, 5) is 31.4. The van der Waals surface area contributed by atoms with Crippen molar-refractivity contribution in [1.29, 1.82) is 0 Å². The van der Waals surface area contributed by atoms with Crippen LogP contribution in [0.5, 0.6) is 0 Å². The van der Waals surface area contributed by atoms with Crippen molar-refractivity contribution < 1.29 is 14.1 Å². The van der Waals surface area contributed by atoms with Crippen molar-refractivity contribution in [2.24, 2.45) is 0 Å². The van der Waals surface area contributed by atoms with E-state index < -0.39 is 0 Å². The van der Waals surface area contributed by atoms with Crippen molar-refractivity contribution in [3.63, 3.8) is 0 Å². The average Bonchev–Trinajstić information content (AvgIpc) is 3.88. The number of nitrogens with zero attached hydrogens (tertiary/aromatic N) is 6. The van der Waals surface area contributed by atoms with Gasteiger partial charge in [0.05, 0.1) is 29.5 Å². The van der Waals surface area contributed by atoms with Gasteiger partial charge in [-0.3, -0.25) is 19.3 Å². The van der Waals surface area contributed by atoms with E-state index in [1.54, 1.807) is 24.7 Å². The largest absolute Gasteiger partial charge is 0.361 e. The number of amides is 2. The molecule has 0 atom stereocenters. The molecule has 5 heterocycles. The lowest BCUT2D eigenvalue weighted by Gasteiger charge is -2.19. The maximum atomic E-state index is 11.8. The normalized spacial score (nSPS) is 12.7. The van der Waals surface area contributed by atoms with Crippen LogP contribution in [0.25, 0.3) is 0 Å². The van der Waals surface area contributed by atoms with Gasteiger partial charge in [-0.05, 0) is 78.3 Å². The van der Waals surface area contributed by atoms with E-state index >= 15 is 0 Å². The molecule has 49 heavy (non-hydrogen) atoms. The summed E-state index contributed by atoms with van der Waals surface area (Å²) in [5.74, 6) is 1.21. The topological polar surface area (TPSA) is 97.4 Å². The van der Waals surface area contributed by atoms with Crippen LogP contribution in [-0.2, 0) is 24.0 Å². The second-order valence-corrected chi connectivity index (χ2v) is 13.5. The van der Waals surface area contributed by atoms with Crippen LogP contribution in [-0.4, -0.2) is 53.6 Å². The van der Waals surface area contributed by atoms with Gasteiger partial charge in [-0.2, -0.15) is 5.10 Å². The minimum absolute atomic E-state index is 0. The Balaban J connectivity index is 0.000000610. The molecule has 2 aliphatic rings. The molecule has 0 saturated carbocycles. The molecule has 0 bridgehead atoms. The molecule has 6 rings (SSSR count). The summed E-state index contributed by atoms with van der Waals surface area (Å²) in [7, 11) is 0. The Hall–Kier alpha value is -4.27. The Bertz CT molecular complexity index is 1370. The fraction of sp³-hybridized carbons (Fsp3) is 0.525. The maximum absolute atomic E-state index is 11.8. The fourth-order valence-corrected chi connectivity index (χ4v) is 4.53. The first kappa shape index (κ1) is 44.7. The van der Waals surface area contributed by atoms with E-state index in [1.165, 1.54) is 0 Å². The molecular weight excluding hydrogens is 612 g/mol. The van der Waals surface area contributed by atoms with Gasteiger partial charge in [-0.25, -0.2) is 0 Å². The molecule has 9 nitrogen and oxygen atoms in total. The molecule has 0 unspecified atom stereocenters. The highest BCUT2D eigenvalue weighted by Gasteiger charge is 2.30. The lowest BCUT2D eigenvalue weighted by molar-refractivity contribution is 0.0722. The van der Waals surface area contributed by atoms with Gasteiger partial charge in [-0.15, -0.1) is 0 Å². The first-order valence-corrected chi connectivity index (χ1v) is 17.2. The summed E-state index contributed by atoms with van der Waals surface area (Å²) in [6.45, 7) is 30.2. The van der Waals surface area contributed by atoms with Crippen LogP contribution in [0.2, 0.25) is 0 Å². The average molecular weight is 677 g/mol. The Labute approximate surface area is 297 Å². The van der Waals surface area contributed by atoms with Gasteiger partial charge >= 0.3 is 0 Å². The Morgan fingerprint density at radius 3 is 1.65 bits per heavy atom. The molecule has 2 amide bonds. The molecule has 272 valence electrons. The predicted molar refractivity (Wildman–Crippen MR) is 203 cm³/mol. The Morgan fingerprint density at radius 1 is 0.694 bits per heavy atom. The molecule has 0 saturated heterocycles. The highest BCUT2D eigenvalue weighted by molar-refractivity contribution is 5.98. The smallest absolute Gasteiger partial charge is 0.256 e. The molecule has 0 radical (unpaired) electrons. The van der Waals surface area contributed by atoms with Crippen molar-refractivity contribution in [1.82, 2.24) is 29.7 Å². The zero-order valence-electron chi connectivity index (χ0n) is 31.9. The fourth-order valence-electron chi connectivity index (χ4n) is 4.53. The van der Waals surface area contributed by atoms with E-state index in [4.69, 9.17) is 4.52 Å². The number of hydrogen-bond acceptors (Lipinski definition) is 6. The quantitative estimate of drug-likeness (QED) is 0.210. The van der Waals surface area contributed by atoms with Gasteiger partial charge in [0.15, 0.2) is 0 Å². The van der Waals surface area contributed by atoms with E-state index in [2.05, 4.69) is 56.8 Å². The van der Waals surface area contributed by atoms with Gasteiger partial charge in [0.1, 0.15) is 5.76 Å². The zero-order valence-corrected chi connectivity index (χ0v) is 31.9. The Morgan fingerprint density at radius 2 is 1.24 bits per heavy atom. The highest BCUT2D eigenvalue weighted by atomic mass is 16.5. The highest BCUT2D eigenvalue weighted by Crippen LogP contribution is 2.24. The summed E-state index contributed by atoms with van der Waals surface area (Å²) in [5, 5.41) is 7.72. The van der Waals surface area contributed by atoms with E-state index in [-0.39, 0.29) is 36.2 Å². The first-order valence-electron chi connectivity index (χ1n) is 17.2. The van der Waals surface area contributed by atoms with Crippen LogP contribution in [0.1, 0.15) is 142 Å². The molecule has 1 aromatic carbocycles. The van der Waals surface area contributed by atoms with Crippen molar-refractivity contribution in [2.75, 3.05) is 0 Å². The molecule has 0 fully saturated rings. The van der Waals surface area contributed by atoms with Crippen molar-refractivity contribution in [3.8, 4) is 0 Å². The number of pyridine rings is 1. The second-order valence-electron chi connectivity index (χ2n) is 13.5. The Kier molecular flexibility index (Phi) is 19.1. The summed E-state index contributed by atoms with van der Waals surface area (Å²) in [6.07, 6.45) is 7.17. The number of benzene rings is 1. The molecule has 0 aliphatic carbocycles. The summed E-state index contributed by atoms with van der Waals surface area (Å²) < 4.78 is 6.89. The number of hydrogen-bond donors (Lipinski definition) is 0. The van der Waals surface area contributed by atoms with Crippen LogP contribution in [0, 0.1) is 0 Å². The molecule has 0 N–H and O–H groups in total. The number of fused-ring (bicyclic) bond motifs is 2. The lowest BCUT2D eigenvalue weighted by atomic mass is 9.94. The number of carbonyl (C=O) groups is 2. The number of aromatic nitrogens is 4. The standard InChI is InChI=1S/C11H13NO.C10H12N2O.C7H12N2.C7H11NO.2C2H6.CH4/c1-8(2)12-7-9-5-3-4-6-10(9)11(12)13;1-7(2)12-6-9-8(10(12)13)4-3-5-11-9;1-7(2,3)9-6-4-5-8-9;1-7(2,3)6-4-5-8-9-6;2*1-2;/h3-6,8H,7H2,1-2H3;3-5,7H,6H2,1-2H3;4-6H,1-3H3;4-5H,1-3H3;2*1-2H3;1H4. The molecule has 9 heteroatoms. The maximum Gasteiger partial charge on any atom is 0.256 e. The monoisotopic (exact) mass is 677 g/mol. The van der Waals surface area contributed by atoms with Crippen molar-refractivity contribution in [3.05, 3.63) is 101 Å². The second kappa shape index (κ2) is 21.0.